The van der Waals surface area contributed by atoms with E-state index < -0.39 is 0 Å². The van der Waals surface area contributed by atoms with Crippen LogP contribution < -0.4 is 0 Å². The molecule has 0 unspecified atom stereocenters. The van der Waals surface area contributed by atoms with E-state index >= 15 is 0 Å². The molecule has 2 nitrogen and oxygen atoms in total. The van der Waals surface area contributed by atoms with Gasteiger partial charge in [-0.2, -0.15) is 0 Å². The van der Waals surface area contributed by atoms with Crippen LogP contribution in [0, 0.1) is 0 Å². The molecule has 1 aromatic carbocycles. The third-order valence-electron chi connectivity index (χ3n) is 3.87. The van der Waals surface area contributed by atoms with Gasteiger partial charge in [0.1, 0.15) is 0 Å². The van der Waals surface area contributed by atoms with Gasteiger partial charge in [0.15, 0.2) is 5.78 Å². The molecule has 0 bridgehead atoms. The lowest BCUT2D eigenvalue weighted by Crippen LogP contribution is -2.31. The van der Waals surface area contributed by atoms with Gasteiger partial charge in [-0.05, 0) is 38.1 Å². The Balaban J connectivity index is 1.90. The Bertz CT molecular complexity index is 457. The van der Waals surface area contributed by atoms with Gasteiger partial charge in [-0.25, -0.2) is 0 Å². The minimum atomic E-state index is 0.127. The van der Waals surface area contributed by atoms with Crippen LogP contribution in [-0.4, -0.2) is 30.3 Å². The number of nitrogens with zero attached hydrogens (tertiary/aromatic N) is 1. The summed E-state index contributed by atoms with van der Waals surface area (Å²) in [5.41, 5.74) is 0.629. The smallest absolute Gasteiger partial charge is 0.165 e. The molecule has 1 saturated carbocycles. The lowest BCUT2D eigenvalue weighted by atomic mass is 10.1. The lowest BCUT2D eigenvalue weighted by molar-refractivity contribution is 0.0961. The highest BCUT2D eigenvalue weighted by Crippen LogP contribution is 2.24. The molecule has 1 fully saturated rings. The van der Waals surface area contributed by atoms with Crippen molar-refractivity contribution >= 4 is 33.3 Å². The van der Waals surface area contributed by atoms with Gasteiger partial charge >= 0.3 is 0 Å². The van der Waals surface area contributed by atoms with Crippen LogP contribution >= 0.6 is 27.5 Å². The highest BCUT2D eigenvalue weighted by atomic mass is 79.9. The maximum Gasteiger partial charge on any atom is 0.165 e. The molecule has 1 aliphatic rings. The number of halogens is 2. The molecule has 0 N–H and O–H groups in total. The zero-order valence-corrected chi connectivity index (χ0v) is 13.5. The topological polar surface area (TPSA) is 20.3 Å². The number of benzene rings is 1. The molecule has 4 heteroatoms. The fourth-order valence-electron chi connectivity index (χ4n) is 2.66. The Kier molecular flexibility index (Phi) is 5.43. The van der Waals surface area contributed by atoms with Crippen LogP contribution in [0.5, 0.6) is 0 Å². The summed E-state index contributed by atoms with van der Waals surface area (Å²) >= 11 is 9.45. The van der Waals surface area contributed by atoms with Crippen molar-refractivity contribution in [3.8, 4) is 0 Å². The van der Waals surface area contributed by atoms with Crippen LogP contribution in [0.1, 0.15) is 42.5 Å². The first-order chi connectivity index (χ1) is 9.08. The quantitative estimate of drug-likeness (QED) is 0.730. The van der Waals surface area contributed by atoms with Crippen LogP contribution in [0.2, 0.25) is 5.02 Å². The lowest BCUT2D eigenvalue weighted by Gasteiger charge is -2.23. The summed E-state index contributed by atoms with van der Waals surface area (Å²) in [6.07, 6.45) is 5.71. The van der Waals surface area contributed by atoms with E-state index in [1.165, 1.54) is 25.7 Å². The van der Waals surface area contributed by atoms with Gasteiger partial charge in [0.05, 0.1) is 5.02 Å². The molecule has 1 aliphatic carbocycles. The predicted molar refractivity (Wildman–Crippen MR) is 83.0 cm³/mol. The number of carbonyl (C=O) groups is 1. The van der Waals surface area contributed by atoms with E-state index in [0.717, 1.165) is 11.0 Å². The largest absolute Gasteiger partial charge is 0.303 e. The fourth-order valence-corrected chi connectivity index (χ4v) is 3.43. The number of carbonyl (C=O) groups excluding carboxylic acids is 1. The van der Waals surface area contributed by atoms with Gasteiger partial charge in [0.2, 0.25) is 0 Å². The van der Waals surface area contributed by atoms with E-state index in [0.29, 0.717) is 23.0 Å². The van der Waals surface area contributed by atoms with Crippen molar-refractivity contribution in [2.24, 2.45) is 0 Å². The van der Waals surface area contributed by atoms with Crippen LogP contribution in [-0.2, 0) is 0 Å². The van der Waals surface area contributed by atoms with E-state index in [9.17, 15) is 4.79 Å². The SMILES string of the molecule is CN(CCC(=O)c1ccc(Br)cc1Cl)C1CCCC1. The molecule has 0 radical (unpaired) electrons. The summed E-state index contributed by atoms with van der Waals surface area (Å²) < 4.78 is 0.900. The summed E-state index contributed by atoms with van der Waals surface area (Å²) in [4.78, 5) is 14.5. The number of rotatable bonds is 5. The molecule has 0 aromatic heterocycles. The van der Waals surface area contributed by atoms with Gasteiger partial charge in [-0.1, -0.05) is 40.4 Å². The van der Waals surface area contributed by atoms with Gasteiger partial charge < -0.3 is 4.90 Å². The zero-order valence-electron chi connectivity index (χ0n) is 11.2. The van der Waals surface area contributed by atoms with Crippen LogP contribution in [0.15, 0.2) is 22.7 Å². The summed E-state index contributed by atoms with van der Waals surface area (Å²) in [5.74, 6) is 0.127. The summed E-state index contributed by atoms with van der Waals surface area (Å²) in [6.45, 7) is 0.815. The first-order valence-corrected chi connectivity index (χ1v) is 7.93. The maximum absolute atomic E-state index is 12.2. The second-order valence-corrected chi connectivity index (χ2v) is 6.54. The van der Waals surface area contributed by atoms with Crippen molar-refractivity contribution in [1.29, 1.82) is 0 Å². The van der Waals surface area contributed by atoms with Crippen LogP contribution in [0.4, 0.5) is 0 Å². The minimum absolute atomic E-state index is 0.127. The second kappa shape index (κ2) is 6.87. The van der Waals surface area contributed by atoms with Gasteiger partial charge in [0.25, 0.3) is 0 Å². The third-order valence-corrected chi connectivity index (χ3v) is 4.68. The number of hydrogen-bond donors (Lipinski definition) is 0. The van der Waals surface area contributed by atoms with Gasteiger partial charge in [-0.15, -0.1) is 0 Å². The molecule has 0 aliphatic heterocycles. The predicted octanol–water partition coefficient (Wildman–Crippen LogP) is 4.55. The molecule has 2 rings (SSSR count). The normalized spacial score (nSPS) is 16.2. The average molecular weight is 345 g/mol. The van der Waals surface area contributed by atoms with E-state index in [-0.39, 0.29) is 5.78 Å². The summed E-state index contributed by atoms with van der Waals surface area (Å²) in [5, 5.41) is 0.530. The third kappa shape index (κ3) is 4.04. The molecular weight excluding hydrogens is 326 g/mol. The molecule has 19 heavy (non-hydrogen) atoms. The zero-order chi connectivity index (χ0) is 13.8. The second-order valence-electron chi connectivity index (χ2n) is 5.22. The number of Topliss-reactive ketones (excluding diaryl/α,β-unsaturated/α-hetero) is 1. The number of ketones is 1. The molecule has 1 aromatic rings. The molecule has 104 valence electrons. The molecule has 0 heterocycles. The van der Waals surface area contributed by atoms with Crippen molar-refractivity contribution in [3.05, 3.63) is 33.3 Å². The monoisotopic (exact) mass is 343 g/mol. The van der Waals surface area contributed by atoms with Gasteiger partial charge in [0, 0.05) is 29.0 Å². The highest BCUT2D eigenvalue weighted by Gasteiger charge is 2.20. The Hall–Kier alpha value is -0.380. The highest BCUT2D eigenvalue weighted by molar-refractivity contribution is 9.10. The molecule has 0 spiro atoms. The van der Waals surface area contributed by atoms with E-state index in [2.05, 4.69) is 27.9 Å². The average Bonchev–Trinajstić information content (AvgIpc) is 2.89. The van der Waals surface area contributed by atoms with Crippen molar-refractivity contribution < 1.29 is 4.79 Å². The molecule has 0 atom stereocenters. The molecule has 0 saturated heterocycles. The fraction of sp³-hybridized carbons (Fsp3) is 0.533. The van der Waals surface area contributed by atoms with Crippen LogP contribution in [0.25, 0.3) is 0 Å². The Morgan fingerprint density at radius 2 is 2.11 bits per heavy atom. The van der Waals surface area contributed by atoms with E-state index in [1.54, 1.807) is 12.1 Å². The minimum Gasteiger partial charge on any atom is -0.303 e. The standard InChI is InChI=1S/C15H19BrClNO/c1-18(12-4-2-3-5-12)9-8-15(19)13-7-6-11(16)10-14(13)17/h6-7,10,12H,2-5,8-9H2,1H3. The first-order valence-electron chi connectivity index (χ1n) is 6.76. The number of hydrogen-bond acceptors (Lipinski definition) is 2. The maximum atomic E-state index is 12.2. The summed E-state index contributed by atoms with van der Waals surface area (Å²) in [7, 11) is 2.12. The van der Waals surface area contributed by atoms with Crippen LogP contribution in [0.3, 0.4) is 0 Å². The Morgan fingerprint density at radius 1 is 1.42 bits per heavy atom. The molecular formula is C15H19BrClNO. The Morgan fingerprint density at radius 3 is 2.74 bits per heavy atom. The van der Waals surface area contributed by atoms with Gasteiger partial charge in [-0.3, -0.25) is 4.79 Å². The van der Waals surface area contributed by atoms with E-state index in [4.69, 9.17) is 11.6 Å². The molecule has 0 amide bonds. The van der Waals surface area contributed by atoms with Crippen molar-refractivity contribution in [2.45, 2.75) is 38.1 Å². The summed E-state index contributed by atoms with van der Waals surface area (Å²) in [6, 6.07) is 6.09. The van der Waals surface area contributed by atoms with Crippen molar-refractivity contribution in [1.82, 2.24) is 4.90 Å². The van der Waals surface area contributed by atoms with Crippen molar-refractivity contribution in [3.63, 3.8) is 0 Å². The first kappa shape index (κ1) is 15.0. The van der Waals surface area contributed by atoms with E-state index in [1.807, 2.05) is 6.07 Å². The van der Waals surface area contributed by atoms with Crippen molar-refractivity contribution in [2.75, 3.05) is 13.6 Å². The Labute approximate surface area is 128 Å².